The van der Waals surface area contributed by atoms with Crippen molar-refractivity contribution in [3.63, 3.8) is 0 Å². The second-order valence-electron chi connectivity index (χ2n) is 5.39. The molecule has 2 N–H and O–H groups in total. The highest BCUT2D eigenvalue weighted by Gasteiger charge is 2.20. The molecule has 0 aliphatic rings. The Labute approximate surface area is 122 Å². The number of carbonyl (C=O) groups is 1. The third-order valence-corrected chi connectivity index (χ3v) is 2.94. The van der Waals surface area contributed by atoms with Gasteiger partial charge in [0.25, 0.3) is 0 Å². The fourth-order valence-corrected chi connectivity index (χ4v) is 1.70. The Kier molecular flexibility index (Phi) is 3.99. The van der Waals surface area contributed by atoms with Gasteiger partial charge < -0.3 is 9.84 Å². The first-order chi connectivity index (χ1) is 9.36. The third kappa shape index (κ3) is 3.51. The van der Waals surface area contributed by atoms with Crippen LogP contribution >= 0.6 is 11.6 Å². The molecule has 5 nitrogen and oxygen atoms in total. The summed E-state index contributed by atoms with van der Waals surface area (Å²) in [5.74, 6) is 1.06. The van der Waals surface area contributed by atoms with Gasteiger partial charge in [-0.25, -0.2) is 4.79 Å². The molecule has 2 rings (SSSR count). The zero-order chi connectivity index (χ0) is 14.8. The summed E-state index contributed by atoms with van der Waals surface area (Å²) in [6.07, 6.45) is 0. The van der Waals surface area contributed by atoms with Crippen molar-refractivity contribution in [2.24, 2.45) is 0 Å². The van der Waals surface area contributed by atoms with Gasteiger partial charge in [0.1, 0.15) is 5.76 Å². The normalized spacial score (nSPS) is 11.2. The third-order valence-electron chi connectivity index (χ3n) is 2.61. The maximum atomic E-state index is 11.8. The van der Waals surface area contributed by atoms with E-state index in [1.165, 1.54) is 0 Å². The van der Waals surface area contributed by atoms with Crippen LogP contribution < -0.4 is 10.6 Å². The van der Waals surface area contributed by atoms with Gasteiger partial charge in [-0.3, -0.25) is 5.32 Å². The van der Waals surface area contributed by atoms with Gasteiger partial charge in [-0.2, -0.15) is 0 Å². The lowest BCUT2D eigenvalue weighted by molar-refractivity contribution is 0.262. The average molecular weight is 294 g/mol. The summed E-state index contributed by atoms with van der Waals surface area (Å²) in [5, 5.41) is 9.52. The topological polar surface area (TPSA) is 67.2 Å². The number of nitrogens with zero attached hydrogens (tertiary/aromatic N) is 1. The quantitative estimate of drug-likeness (QED) is 0.869. The Bertz CT molecular complexity index is 617. The first-order valence-electron chi connectivity index (χ1n) is 6.16. The van der Waals surface area contributed by atoms with Crippen molar-refractivity contribution in [1.82, 2.24) is 5.16 Å². The molecule has 0 unspecified atom stereocenters. The van der Waals surface area contributed by atoms with Crippen LogP contribution in [0.4, 0.5) is 16.3 Å². The fourth-order valence-electron chi connectivity index (χ4n) is 1.52. The van der Waals surface area contributed by atoms with Crippen molar-refractivity contribution in [3.05, 3.63) is 41.1 Å². The number of halogens is 1. The Morgan fingerprint density at radius 3 is 2.55 bits per heavy atom. The second kappa shape index (κ2) is 5.54. The second-order valence-corrected chi connectivity index (χ2v) is 5.79. The molecule has 2 amide bonds. The summed E-state index contributed by atoms with van der Waals surface area (Å²) < 4.78 is 5.19. The van der Waals surface area contributed by atoms with Gasteiger partial charge in [0.05, 0.1) is 10.7 Å². The lowest BCUT2D eigenvalue weighted by Crippen LogP contribution is -2.19. The monoisotopic (exact) mass is 293 g/mol. The van der Waals surface area contributed by atoms with E-state index in [2.05, 4.69) is 15.8 Å². The van der Waals surface area contributed by atoms with Crippen molar-refractivity contribution in [3.8, 4) is 0 Å². The summed E-state index contributed by atoms with van der Waals surface area (Å²) >= 11 is 5.96. The number of urea groups is 1. The number of carbonyl (C=O) groups excluding carboxylic acids is 1. The van der Waals surface area contributed by atoms with Crippen LogP contribution in [0.2, 0.25) is 5.02 Å². The fraction of sp³-hybridized carbons (Fsp3) is 0.286. The largest absolute Gasteiger partial charge is 0.359 e. The Morgan fingerprint density at radius 2 is 1.95 bits per heavy atom. The van der Waals surface area contributed by atoms with E-state index in [9.17, 15) is 4.79 Å². The first kappa shape index (κ1) is 14.4. The Balaban J connectivity index is 2.02. The van der Waals surface area contributed by atoms with Crippen molar-refractivity contribution < 1.29 is 9.32 Å². The van der Waals surface area contributed by atoms with E-state index in [-0.39, 0.29) is 5.41 Å². The predicted molar refractivity (Wildman–Crippen MR) is 79.3 cm³/mol. The molecular weight excluding hydrogens is 278 g/mol. The molecule has 0 spiro atoms. The van der Waals surface area contributed by atoms with Crippen molar-refractivity contribution in [2.75, 3.05) is 10.6 Å². The maximum absolute atomic E-state index is 11.8. The van der Waals surface area contributed by atoms with E-state index in [1.807, 2.05) is 20.8 Å². The molecule has 0 radical (unpaired) electrons. The smallest absolute Gasteiger partial charge is 0.324 e. The van der Waals surface area contributed by atoms with Crippen LogP contribution in [-0.2, 0) is 5.41 Å². The summed E-state index contributed by atoms with van der Waals surface area (Å²) in [6, 6.07) is 8.27. The van der Waals surface area contributed by atoms with Crippen LogP contribution in [-0.4, -0.2) is 11.2 Å². The molecule has 6 heteroatoms. The maximum Gasteiger partial charge on any atom is 0.324 e. The minimum absolute atomic E-state index is 0.161. The summed E-state index contributed by atoms with van der Waals surface area (Å²) in [7, 11) is 0. The van der Waals surface area contributed by atoms with Gasteiger partial charge in [0, 0.05) is 11.5 Å². The number of aromatic nitrogens is 1. The van der Waals surface area contributed by atoms with E-state index in [0.29, 0.717) is 22.3 Å². The van der Waals surface area contributed by atoms with Crippen LogP contribution in [0.15, 0.2) is 34.9 Å². The molecule has 0 saturated heterocycles. The number of anilines is 2. The lowest BCUT2D eigenvalue weighted by atomic mass is 9.93. The van der Waals surface area contributed by atoms with Crippen LogP contribution in [0.5, 0.6) is 0 Å². The summed E-state index contributed by atoms with van der Waals surface area (Å²) in [5.41, 5.74) is 0.373. The van der Waals surface area contributed by atoms with Gasteiger partial charge in [0.2, 0.25) is 0 Å². The highest BCUT2D eigenvalue weighted by molar-refractivity contribution is 6.33. The Morgan fingerprint density at radius 1 is 1.25 bits per heavy atom. The zero-order valence-electron chi connectivity index (χ0n) is 11.5. The molecular formula is C14H16ClN3O2. The van der Waals surface area contributed by atoms with Crippen LogP contribution in [0.25, 0.3) is 0 Å². The lowest BCUT2D eigenvalue weighted by Gasteiger charge is -2.12. The molecule has 106 valence electrons. The molecule has 0 fully saturated rings. The minimum atomic E-state index is -0.424. The number of hydrogen-bond donors (Lipinski definition) is 2. The Hall–Kier alpha value is -2.01. The van der Waals surface area contributed by atoms with Crippen molar-refractivity contribution in [2.45, 2.75) is 26.2 Å². The van der Waals surface area contributed by atoms with Crippen LogP contribution in [0, 0.1) is 0 Å². The predicted octanol–water partition coefficient (Wildman–Crippen LogP) is 4.27. The first-order valence-corrected chi connectivity index (χ1v) is 6.54. The molecule has 0 bridgehead atoms. The molecule has 0 atom stereocenters. The molecule has 1 heterocycles. The number of amides is 2. The van der Waals surface area contributed by atoms with Gasteiger partial charge in [-0.05, 0) is 12.1 Å². The van der Waals surface area contributed by atoms with Crippen molar-refractivity contribution in [1.29, 1.82) is 0 Å². The van der Waals surface area contributed by atoms with E-state index in [1.54, 1.807) is 30.3 Å². The number of hydrogen-bond acceptors (Lipinski definition) is 3. The van der Waals surface area contributed by atoms with E-state index in [0.717, 1.165) is 0 Å². The number of nitrogens with one attached hydrogen (secondary N) is 2. The van der Waals surface area contributed by atoms with Gasteiger partial charge in [-0.1, -0.05) is 49.7 Å². The number of benzene rings is 1. The molecule has 0 aliphatic heterocycles. The zero-order valence-corrected chi connectivity index (χ0v) is 12.3. The number of para-hydroxylation sites is 1. The van der Waals surface area contributed by atoms with Gasteiger partial charge >= 0.3 is 6.03 Å². The summed E-state index contributed by atoms with van der Waals surface area (Å²) in [4.78, 5) is 11.8. The van der Waals surface area contributed by atoms with E-state index in [4.69, 9.17) is 16.1 Å². The molecule has 0 aliphatic carbocycles. The molecule has 1 aromatic heterocycles. The highest BCUT2D eigenvalue weighted by Crippen LogP contribution is 2.25. The van der Waals surface area contributed by atoms with Crippen molar-refractivity contribution >= 4 is 29.1 Å². The molecule has 20 heavy (non-hydrogen) atoms. The van der Waals surface area contributed by atoms with Gasteiger partial charge in [-0.15, -0.1) is 0 Å². The molecule has 2 aromatic rings. The van der Waals surface area contributed by atoms with Crippen LogP contribution in [0.3, 0.4) is 0 Å². The minimum Gasteiger partial charge on any atom is -0.359 e. The van der Waals surface area contributed by atoms with Crippen LogP contribution in [0.1, 0.15) is 26.5 Å². The standard InChI is InChI=1S/C14H16ClN3O2/c1-14(2,3)11-8-12(18-20-11)17-13(19)16-10-7-5-4-6-9(10)15/h4-8H,1-3H3,(H2,16,17,18,19). The van der Waals surface area contributed by atoms with Gasteiger partial charge in [0.15, 0.2) is 5.82 Å². The molecule has 0 saturated carbocycles. The number of rotatable bonds is 2. The summed E-state index contributed by atoms with van der Waals surface area (Å²) in [6.45, 7) is 6.00. The van der Waals surface area contributed by atoms with E-state index >= 15 is 0 Å². The van der Waals surface area contributed by atoms with E-state index < -0.39 is 6.03 Å². The molecule has 1 aromatic carbocycles. The average Bonchev–Trinajstić information content (AvgIpc) is 2.80. The SMILES string of the molecule is CC(C)(C)c1cc(NC(=O)Nc2ccccc2Cl)no1. The highest BCUT2D eigenvalue weighted by atomic mass is 35.5.